The SMILES string of the molecule is COC(=O)N[C@H](C(=O)Nc1cnc2ccnn2c1)C(C)C. The maximum absolute atomic E-state index is 12.2. The molecule has 0 aliphatic carbocycles. The van der Waals surface area contributed by atoms with Crippen LogP contribution in [0.3, 0.4) is 0 Å². The molecule has 0 unspecified atom stereocenters. The molecular weight excluding hydrogens is 274 g/mol. The zero-order valence-electron chi connectivity index (χ0n) is 12.0. The van der Waals surface area contributed by atoms with Crippen molar-refractivity contribution in [2.45, 2.75) is 19.9 Å². The number of nitrogens with zero attached hydrogens (tertiary/aromatic N) is 3. The van der Waals surface area contributed by atoms with Crippen LogP contribution in [-0.2, 0) is 9.53 Å². The largest absolute Gasteiger partial charge is 0.453 e. The Morgan fingerprint density at radius 2 is 2.14 bits per heavy atom. The average molecular weight is 291 g/mol. The molecule has 1 atom stereocenters. The third kappa shape index (κ3) is 3.47. The van der Waals surface area contributed by atoms with E-state index in [0.29, 0.717) is 11.3 Å². The molecule has 112 valence electrons. The van der Waals surface area contributed by atoms with Gasteiger partial charge in [-0.2, -0.15) is 5.10 Å². The molecule has 2 N–H and O–H groups in total. The van der Waals surface area contributed by atoms with Crippen molar-refractivity contribution >= 4 is 23.3 Å². The third-order valence-corrected chi connectivity index (χ3v) is 2.92. The molecule has 8 heteroatoms. The summed E-state index contributed by atoms with van der Waals surface area (Å²) in [6, 6.07) is 1.05. The van der Waals surface area contributed by atoms with Gasteiger partial charge in [-0.05, 0) is 5.92 Å². The number of hydrogen-bond donors (Lipinski definition) is 2. The van der Waals surface area contributed by atoms with Gasteiger partial charge in [0, 0.05) is 6.07 Å². The summed E-state index contributed by atoms with van der Waals surface area (Å²) in [7, 11) is 1.25. The molecule has 2 heterocycles. The van der Waals surface area contributed by atoms with Crippen molar-refractivity contribution in [2.24, 2.45) is 5.92 Å². The van der Waals surface area contributed by atoms with Crippen LogP contribution in [-0.4, -0.2) is 39.8 Å². The first-order chi connectivity index (χ1) is 10.0. The minimum atomic E-state index is -0.703. The molecule has 0 spiro atoms. The monoisotopic (exact) mass is 291 g/mol. The zero-order valence-corrected chi connectivity index (χ0v) is 12.0. The van der Waals surface area contributed by atoms with Gasteiger partial charge in [0.2, 0.25) is 5.91 Å². The number of fused-ring (bicyclic) bond motifs is 1. The number of rotatable bonds is 4. The molecule has 0 aliphatic rings. The second-order valence-corrected chi connectivity index (χ2v) is 4.82. The first kappa shape index (κ1) is 14.8. The zero-order chi connectivity index (χ0) is 15.4. The van der Waals surface area contributed by atoms with Crippen molar-refractivity contribution in [2.75, 3.05) is 12.4 Å². The van der Waals surface area contributed by atoms with Gasteiger partial charge < -0.3 is 15.4 Å². The van der Waals surface area contributed by atoms with Crippen LogP contribution >= 0.6 is 0 Å². The van der Waals surface area contributed by atoms with Crippen LogP contribution in [0.1, 0.15) is 13.8 Å². The number of methoxy groups -OCH3 is 1. The summed E-state index contributed by atoms with van der Waals surface area (Å²) in [5.74, 6) is -0.436. The van der Waals surface area contributed by atoms with E-state index >= 15 is 0 Å². The molecule has 0 fully saturated rings. The molecule has 0 saturated heterocycles. The Hall–Kier alpha value is -2.64. The van der Waals surface area contributed by atoms with Gasteiger partial charge in [-0.15, -0.1) is 0 Å². The van der Waals surface area contributed by atoms with E-state index in [1.165, 1.54) is 13.3 Å². The van der Waals surface area contributed by atoms with Crippen molar-refractivity contribution < 1.29 is 14.3 Å². The molecule has 0 saturated carbocycles. The second kappa shape index (κ2) is 6.21. The lowest BCUT2D eigenvalue weighted by atomic mass is 10.0. The van der Waals surface area contributed by atoms with Crippen LogP contribution in [0, 0.1) is 5.92 Å². The lowest BCUT2D eigenvalue weighted by Gasteiger charge is -2.20. The highest BCUT2D eigenvalue weighted by Gasteiger charge is 2.24. The highest BCUT2D eigenvalue weighted by Crippen LogP contribution is 2.10. The van der Waals surface area contributed by atoms with Crippen LogP contribution < -0.4 is 10.6 Å². The van der Waals surface area contributed by atoms with Crippen LogP contribution in [0.15, 0.2) is 24.7 Å². The average Bonchev–Trinajstić information content (AvgIpc) is 2.91. The predicted octanol–water partition coefficient (Wildman–Crippen LogP) is 1.05. The van der Waals surface area contributed by atoms with Crippen molar-refractivity contribution in [3.63, 3.8) is 0 Å². The molecule has 21 heavy (non-hydrogen) atoms. The summed E-state index contributed by atoms with van der Waals surface area (Å²) in [6.07, 6.45) is 4.15. The van der Waals surface area contributed by atoms with E-state index in [1.54, 1.807) is 23.0 Å². The van der Waals surface area contributed by atoms with E-state index in [9.17, 15) is 9.59 Å². The van der Waals surface area contributed by atoms with Crippen molar-refractivity contribution in [1.29, 1.82) is 0 Å². The summed E-state index contributed by atoms with van der Waals surface area (Å²) in [5, 5.41) is 9.25. The van der Waals surface area contributed by atoms with Gasteiger partial charge in [-0.3, -0.25) is 4.79 Å². The molecule has 2 rings (SSSR count). The first-order valence-corrected chi connectivity index (χ1v) is 6.46. The van der Waals surface area contributed by atoms with Gasteiger partial charge >= 0.3 is 6.09 Å². The minimum absolute atomic E-state index is 0.0921. The molecule has 0 bridgehead atoms. The Morgan fingerprint density at radius 1 is 1.38 bits per heavy atom. The number of alkyl carbamates (subject to hydrolysis) is 1. The van der Waals surface area contributed by atoms with Gasteiger partial charge in [0.05, 0.1) is 31.4 Å². The van der Waals surface area contributed by atoms with E-state index in [1.807, 2.05) is 13.8 Å². The van der Waals surface area contributed by atoms with Gasteiger partial charge in [0.15, 0.2) is 5.65 Å². The molecule has 0 aromatic carbocycles. The normalized spacial score (nSPS) is 12.2. The summed E-state index contributed by atoms with van der Waals surface area (Å²) in [5.41, 5.74) is 1.18. The fraction of sp³-hybridized carbons (Fsp3) is 0.385. The van der Waals surface area contributed by atoms with Crippen LogP contribution in [0.5, 0.6) is 0 Å². The number of ether oxygens (including phenoxy) is 1. The minimum Gasteiger partial charge on any atom is -0.453 e. The lowest BCUT2D eigenvalue weighted by Crippen LogP contribution is -2.47. The Bertz CT molecular complexity index is 652. The summed E-state index contributed by atoms with van der Waals surface area (Å²) in [4.78, 5) is 27.7. The van der Waals surface area contributed by atoms with Crippen LogP contribution in [0.4, 0.5) is 10.5 Å². The van der Waals surface area contributed by atoms with E-state index in [-0.39, 0.29) is 11.8 Å². The smallest absolute Gasteiger partial charge is 0.407 e. The Kier molecular flexibility index (Phi) is 4.36. The Morgan fingerprint density at radius 3 is 2.81 bits per heavy atom. The van der Waals surface area contributed by atoms with Gasteiger partial charge in [-0.25, -0.2) is 14.3 Å². The fourth-order valence-electron chi connectivity index (χ4n) is 1.82. The summed E-state index contributed by atoms with van der Waals surface area (Å²) < 4.78 is 6.07. The second-order valence-electron chi connectivity index (χ2n) is 4.82. The maximum atomic E-state index is 12.2. The van der Waals surface area contributed by atoms with E-state index < -0.39 is 12.1 Å². The number of hydrogen-bond acceptors (Lipinski definition) is 5. The van der Waals surface area contributed by atoms with Gasteiger partial charge in [-0.1, -0.05) is 13.8 Å². The van der Waals surface area contributed by atoms with E-state index in [2.05, 4.69) is 25.5 Å². The molecule has 0 radical (unpaired) electrons. The van der Waals surface area contributed by atoms with Crippen molar-refractivity contribution in [3.8, 4) is 0 Å². The highest BCUT2D eigenvalue weighted by molar-refractivity contribution is 5.96. The van der Waals surface area contributed by atoms with Crippen molar-refractivity contribution in [3.05, 3.63) is 24.7 Å². The maximum Gasteiger partial charge on any atom is 0.407 e. The topological polar surface area (TPSA) is 97.6 Å². The Balaban J connectivity index is 2.11. The van der Waals surface area contributed by atoms with Crippen LogP contribution in [0.2, 0.25) is 0 Å². The van der Waals surface area contributed by atoms with Crippen molar-refractivity contribution in [1.82, 2.24) is 19.9 Å². The molecule has 8 nitrogen and oxygen atoms in total. The number of anilines is 1. The first-order valence-electron chi connectivity index (χ1n) is 6.46. The molecular formula is C13H17N5O3. The standard InChI is InChI=1S/C13H17N5O3/c1-8(2)11(17-13(20)21-3)12(19)16-9-6-14-10-4-5-15-18(10)7-9/h4-8,11H,1-3H3,(H,16,19)(H,17,20)/t11-/m0/s1. The molecule has 0 aliphatic heterocycles. The summed E-state index contributed by atoms with van der Waals surface area (Å²) >= 11 is 0. The molecule has 2 aromatic rings. The fourth-order valence-corrected chi connectivity index (χ4v) is 1.82. The summed E-state index contributed by atoms with van der Waals surface area (Å²) in [6.45, 7) is 3.66. The Labute approximate surface area is 121 Å². The predicted molar refractivity (Wildman–Crippen MR) is 75.8 cm³/mol. The third-order valence-electron chi connectivity index (χ3n) is 2.92. The van der Waals surface area contributed by atoms with E-state index in [0.717, 1.165) is 0 Å². The van der Waals surface area contributed by atoms with E-state index in [4.69, 9.17) is 0 Å². The highest BCUT2D eigenvalue weighted by atomic mass is 16.5. The molecule has 2 amide bonds. The number of carbonyl (C=O) groups is 2. The number of amides is 2. The quantitative estimate of drug-likeness (QED) is 0.877. The van der Waals surface area contributed by atoms with Gasteiger partial charge in [0.25, 0.3) is 0 Å². The van der Waals surface area contributed by atoms with Crippen LogP contribution in [0.25, 0.3) is 5.65 Å². The number of carbonyl (C=O) groups excluding carboxylic acids is 2. The number of nitrogens with one attached hydrogen (secondary N) is 2. The molecule has 2 aromatic heterocycles. The van der Waals surface area contributed by atoms with Gasteiger partial charge in [0.1, 0.15) is 6.04 Å². The lowest BCUT2D eigenvalue weighted by molar-refractivity contribution is -0.119. The number of aromatic nitrogens is 3.